The van der Waals surface area contributed by atoms with E-state index in [1.54, 1.807) is 21.9 Å². The monoisotopic (exact) mass is 482 g/mol. The van der Waals surface area contributed by atoms with Gasteiger partial charge in [0.1, 0.15) is 6.54 Å². The normalized spacial score (nSPS) is 23.6. The average molecular weight is 483 g/mol. The summed E-state index contributed by atoms with van der Waals surface area (Å²) in [6.07, 6.45) is 8.34. The molecule has 0 aromatic carbocycles. The van der Waals surface area contributed by atoms with Gasteiger partial charge < -0.3 is 19.3 Å². The van der Waals surface area contributed by atoms with Gasteiger partial charge in [-0.15, -0.1) is 0 Å². The average Bonchev–Trinajstić information content (AvgIpc) is 3.45. The van der Waals surface area contributed by atoms with Crippen molar-refractivity contribution in [3.8, 4) is 11.3 Å². The molecule has 178 valence electrons. The van der Waals surface area contributed by atoms with Crippen LogP contribution >= 0.6 is 11.6 Å². The molecule has 4 heterocycles. The second kappa shape index (κ2) is 8.43. The number of amides is 2. The molecule has 1 saturated heterocycles. The number of carbonyl (C=O) groups excluding carboxylic acids is 2. The maximum Gasteiger partial charge on any atom is 0.276 e. The highest BCUT2D eigenvalue weighted by atomic mass is 35.5. The molecule has 3 aromatic heterocycles. The van der Waals surface area contributed by atoms with Crippen molar-refractivity contribution < 1.29 is 19.1 Å². The maximum absolute atomic E-state index is 13.4. The van der Waals surface area contributed by atoms with Crippen LogP contribution in [0, 0.1) is 0 Å². The zero-order valence-electron chi connectivity index (χ0n) is 18.8. The molecule has 2 saturated carbocycles. The Morgan fingerprint density at radius 1 is 1.12 bits per heavy atom. The molecule has 0 atom stereocenters. The molecule has 0 radical (unpaired) electrons. The second-order valence-electron chi connectivity index (χ2n) is 9.70. The maximum atomic E-state index is 13.4. The zero-order chi connectivity index (χ0) is 23.4. The fourth-order valence-corrected chi connectivity index (χ4v) is 5.56. The van der Waals surface area contributed by atoms with E-state index < -0.39 is 0 Å². The number of fused-ring (bicyclic) bond motifs is 1. The smallest absolute Gasteiger partial charge is 0.276 e. The number of aromatic nitrogens is 2. The van der Waals surface area contributed by atoms with E-state index in [-0.39, 0.29) is 36.2 Å². The van der Waals surface area contributed by atoms with Crippen molar-refractivity contribution in [1.29, 1.82) is 0 Å². The summed E-state index contributed by atoms with van der Waals surface area (Å²) in [6, 6.07) is 6.13. The third-order valence-electron chi connectivity index (χ3n) is 7.42. The summed E-state index contributed by atoms with van der Waals surface area (Å²) >= 11 is 6.73. The molecule has 0 spiro atoms. The predicted octanol–water partition coefficient (Wildman–Crippen LogP) is 3.71. The number of pyridine rings is 1. The standard InChI is InChI=1S/C25H27ClN4O4/c26-23-21-12-17(15-1-2-15)11-20(16-7-10-34-14-16)30(21)27-24(23)25(33)28-8-9-29(22(32)13-28)18-3-5-19(31)6-4-18/h7,10-12,14-15,18-19,31H,1-6,8-9,13H2/t18-,19-. The topological polar surface area (TPSA) is 91.3 Å². The lowest BCUT2D eigenvalue weighted by Crippen LogP contribution is -2.56. The summed E-state index contributed by atoms with van der Waals surface area (Å²) < 4.78 is 6.99. The van der Waals surface area contributed by atoms with Gasteiger partial charge in [-0.2, -0.15) is 5.10 Å². The van der Waals surface area contributed by atoms with E-state index in [2.05, 4.69) is 11.2 Å². The number of hydrogen-bond acceptors (Lipinski definition) is 5. The van der Waals surface area contributed by atoms with Gasteiger partial charge >= 0.3 is 0 Å². The van der Waals surface area contributed by atoms with Gasteiger partial charge in [-0.1, -0.05) is 11.6 Å². The molecule has 1 aliphatic heterocycles. The van der Waals surface area contributed by atoms with Crippen molar-refractivity contribution in [2.24, 2.45) is 0 Å². The van der Waals surface area contributed by atoms with Crippen LogP contribution < -0.4 is 0 Å². The Morgan fingerprint density at radius 3 is 2.59 bits per heavy atom. The molecule has 34 heavy (non-hydrogen) atoms. The Hall–Kier alpha value is -2.84. The fraction of sp³-hybridized carbons (Fsp3) is 0.480. The van der Waals surface area contributed by atoms with E-state index in [0.717, 1.165) is 49.8 Å². The highest BCUT2D eigenvalue weighted by Gasteiger charge is 2.35. The van der Waals surface area contributed by atoms with E-state index in [1.165, 1.54) is 5.56 Å². The molecule has 3 fully saturated rings. The molecular weight excluding hydrogens is 456 g/mol. The molecule has 3 aromatic rings. The molecule has 2 amide bonds. The molecule has 2 aliphatic carbocycles. The minimum atomic E-state index is -0.327. The third-order valence-corrected chi connectivity index (χ3v) is 7.79. The van der Waals surface area contributed by atoms with Crippen molar-refractivity contribution in [1.82, 2.24) is 19.4 Å². The Labute approximate surface area is 202 Å². The summed E-state index contributed by atoms with van der Waals surface area (Å²) in [5.74, 6) is 0.121. The Morgan fingerprint density at radius 2 is 1.91 bits per heavy atom. The first-order valence-electron chi connectivity index (χ1n) is 12.0. The lowest BCUT2D eigenvalue weighted by atomic mass is 9.91. The Bertz CT molecular complexity index is 1240. The van der Waals surface area contributed by atoms with E-state index >= 15 is 0 Å². The third kappa shape index (κ3) is 3.79. The molecule has 6 rings (SSSR count). The van der Waals surface area contributed by atoms with Crippen molar-refractivity contribution >= 4 is 28.9 Å². The zero-order valence-corrected chi connectivity index (χ0v) is 19.6. The summed E-state index contributed by atoms with van der Waals surface area (Å²) in [5.41, 5.74) is 3.74. The van der Waals surface area contributed by atoms with Gasteiger partial charge in [-0.3, -0.25) is 9.59 Å². The van der Waals surface area contributed by atoms with Gasteiger partial charge in [0, 0.05) is 24.7 Å². The van der Waals surface area contributed by atoms with Gasteiger partial charge in [0.15, 0.2) is 5.69 Å². The number of piperazine rings is 1. The number of aliphatic hydroxyl groups excluding tert-OH is 1. The van der Waals surface area contributed by atoms with Gasteiger partial charge in [-0.05, 0) is 68.2 Å². The molecule has 0 bridgehead atoms. The van der Waals surface area contributed by atoms with Crippen LogP contribution in [-0.2, 0) is 4.79 Å². The van der Waals surface area contributed by atoms with Crippen LogP contribution in [0.5, 0.6) is 0 Å². The lowest BCUT2D eigenvalue weighted by Gasteiger charge is -2.41. The molecule has 1 N–H and O–H groups in total. The lowest BCUT2D eigenvalue weighted by molar-refractivity contribution is -0.138. The second-order valence-corrected chi connectivity index (χ2v) is 10.1. The Kier molecular flexibility index (Phi) is 5.37. The SMILES string of the molecule is O=C(c1nn2c(-c3ccoc3)cc(C3CC3)cc2c1Cl)N1CCN([C@H]2CC[C@H](O)CC2)C(=O)C1. The number of furan rings is 1. The number of hydrogen-bond donors (Lipinski definition) is 1. The molecule has 9 heteroatoms. The van der Waals surface area contributed by atoms with E-state index in [4.69, 9.17) is 16.0 Å². The summed E-state index contributed by atoms with van der Waals surface area (Å²) in [6.45, 7) is 0.947. The number of carbonyl (C=O) groups is 2. The van der Waals surface area contributed by atoms with Crippen LogP contribution in [0.15, 0.2) is 35.1 Å². The number of aliphatic hydroxyl groups is 1. The molecule has 8 nitrogen and oxygen atoms in total. The predicted molar refractivity (Wildman–Crippen MR) is 126 cm³/mol. The first-order chi connectivity index (χ1) is 16.5. The molecule has 3 aliphatic rings. The highest BCUT2D eigenvalue weighted by Crippen LogP contribution is 2.43. The number of halogens is 1. The highest BCUT2D eigenvalue weighted by molar-refractivity contribution is 6.37. The summed E-state index contributed by atoms with van der Waals surface area (Å²) in [7, 11) is 0. The van der Waals surface area contributed by atoms with Crippen molar-refractivity contribution in [2.45, 2.75) is 56.6 Å². The fourth-order valence-electron chi connectivity index (χ4n) is 5.31. The van der Waals surface area contributed by atoms with E-state index in [9.17, 15) is 14.7 Å². The van der Waals surface area contributed by atoms with Crippen LogP contribution in [0.25, 0.3) is 16.8 Å². The van der Waals surface area contributed by atoms with Gasteiger partial charge in [0.05, 0.1) is 34.9 Å². The number of rotatable bonds is 4. The molecular formula is C25H27ClN4O4. The summed E-state index contributed by atoms with van der Waals surface area (Å²) in [5, 5.41) is 14.7. The van der Waals surface area contributed by atoms with Crippen LogP contribution in [-0.4, -0.2) is 68.1 Å². The van der Waals surface area contributed by atoms with Gasteiger partial charge in [0.2, 0.25) is 5.91 Å². The van der Waals surface area contributed by atoms with Crippen LogP contribution in [0.4, 0.5) is 0 Å². The van der Waals surface area contributed by atoms with Crippen LogP contribution in [0.2, 0.25) is 5.02 Å². The summed E-state index contributed by atoms with van der Waals surface area (Å²) in [4.78, 5) is 29.8. The van der Waals surface area contributed by atoms with Crippen molar-refractivity contribution in [3.05, 3.63) is 47.0 Å². The van der Waals surface area contributed by atoms with Crippen LogP contribution in [0.3, 0.4) is 0 Å². The van der Waals surface area contributed by atoms with E-state index in [1.807, 2.05) is 17.0 Å². The number of nitrogens with zero attached hydrogens (tertiary/aromatic N) is 4. The quantitative estimate of drug-likeness (QED) is 0.612. The Balaban J connectivity index is 1.28. The van der Waals surface area contributed by atoms with E-state index in [0.29, 0.717) is 29.5 Å². The van der Waals surface area contributed by atoms with Crippen LogP contribution in [0.1, 0.15) is 60.5 Å². The largest absolute Gasteiger partial charge is 0.472 e. The van der Waals surface area contributed by atoms with Gasteiger partial charge in [0.25, 0.3) is 5.91 Å². The minimum Gasteiger partial charge on any atom is -0.472 e. The first-order valence-corrected chi connectivity index (χ1v) is 12.4. The minimum absolute atomic E-state index is 0.0179. The van der Waals surface area contributed by atoms with Crippen molar-refractivity contribution in [2.75, 3.05) is 19.6 Å². The first kappa shape index (κ1) is 21.7. The molecule has 0 unspecified atom stereocenters. The van der Waals surface area contributed by atoms with Gasteiger partial charge in [-0.25, -0.2) is 4.52 Å². The van der Waals surface area contributed by atoms with Crippen molar-refractivity contribution in [3.63, 3.8) is 0 Å².